The molecule has 0 N–H and O–H groups in total. The summed E-state index contributed by atoms with van der Waals surface area (Å²) in [5.41, 5.74) is 2.22. The smallest absolute Gasteiger partial charge is 0.223 e. The SMILES string of the molecule is CN(C)C(=O)CC1(N2CCC(C)(CC[C@@H]3CC3c3ccccc3)CC2)CCC1. The first-order chi connectivity index (χ1) is 13.4. The third-order valence-corrected chi connectivity index (χ3v) is 8.17. The van der Waals surface area contributed by atoms with Crippen LogP contribution in [0.1, 0.15) is 76.2 Å². The van der Waals surface area contributed by atoms with Gasteiger partial charge in [0.2, 0.25) is 5.91 Å². The Kier molecular flexibility index (Phi) is 5.57. The number of likely N-dealkylation sites (tertiary alicyclic amines) is 1. The van der Waals surface area contributed by atoms with Gasteiger partial charge in [-0.3, -0.25) is 9.69 Å². The minimum Gasteiger partial charge on any atom is -0.349 e. The van der Waals surface area contributed by atoms with Crippen molar-refractivity contribution in [3.8, 4) is 0 Å². The Morgan fingerprint density at radius 1 is 1.11 bits per heavy atom. The van der Waals surface area contributed by atoms with Crippen LogP contribution in [0.2, 0.25) is 0 Å². The van der Waals surface area contributed by atoms with Crippen LogP contribution in [-0.4, -0.2) is 48.4 Å². The molecule has 3 aliphatic rings. The van der Waals surface area contributed by atoms with Gasteiger partial charge in [0.15, 0.2) is 0 Å². The quantitative estimate of drug-likeness (QED) is 0.657. The van der Waals surface area contributed by atoms with E-state index in [1.54, 1.807) is 10.5 Å². The average molecular weight is 383 g/mol. The van der Waals surface area contributed by atoms with Crippen molar-refractivity contribution in [2.24, 2.45) is 11.3 Å². The first kappa shape index (κ1) is 19.9. The number of carbonyl (C=O) groups excluding carboxylic acids is 1. The molecule has 0 aromatic heterocycles. The summed E-state index contributed by atoms with van der Waals surface area (Å²) in [7, 11) is 3.78. The number of hydrogen-bond donors (Lipinski definition) is 0. The second kappa shape index (κ2) is 7.82. The largest absolute Gasteiger partial charge is 0.349 e. The van der Waals surface area contributed by atoms with Gasteiger partial charge < -0.3 is 4.90 Å². The minimum absolute atomic E-state index is 0.178. The molecule has 1 amide bonds. The van der Waals surface area contributed by atoms with Crippen molar-refractivity contribution in [3.05, 3.63) is 35.9 Å². The summed E-state index contributed by atoms with van der Waals surface area (Å²) in [6.07, 6.45) is 11.2. The summed E-state index contributed by atoms with van der Waals surface area (Å²) < 4.78 is 0. The van der Waals surface area contributed by atoms with Crippen molar-refractivity contribution in [2.45, 2.75) is 76.2 Å². The van der Waals surface area contributed by atoms with E-state index >= 15 is 0 Å². The summed E-state index contributed by atoms with van der Waals surface area (Å²) in [6, 6.07) is 11.1. The molecule has 0 bridgehead atoms. The molecule has 1 aromatic carbocycles. The van der Waals surface area contributed by atoms with Gasteiger partial charge in [-0.1, -0.05) is 37.3 Å². The summed E-state index contributed by atoms with van der Waals surface area (Å²) in [5.74, 6) is 2.03. The van der Waals surface area contributed by atoms with E-state index in [1.807, 2.05) is 14.1 Å². The molecule has 2 saturated carbocycles. The van der Waals surface area contributed by atoms with Gasteiger partial charge in [0.05, 0.1) is 0 Å². The van der Waals surface area contributed by atoms with E-state index in [0.29, 0.717) is 11.3 Å². The Balaban J connectivity index is 1.26. The summed E-state index contributed by atoms with van der Waals surface area (Å²) >= 11 is 0. The van der Waals surface area contributed by atoms with Gasteiger partial charge >= 0.3 is 0 Å². The van der Waals surface area contributed by atoms with E-state index < -0.39 is 0 Å². The minimum atomic E-state index is 0.178. The Bertz CT molecular complexity index is 671. The Morgan fingerprint density at radius 3 is 2.36 bits per heavy atom. The van der Waals surface area contributed by atoms with Crippen molar-refractivity contribution in [1.29, 1.82) is 0 Å². The lowest BCUT2D eigenvalue weighted by Gasteiger charge is -2.54. The zero-order valence-electron chi connectivity index (χ0n) is 18.1. The molecular formula is C25H38N2O. The highest BCUT2D eigenvalue weighted by atomic mass is 16.2. The molecule has 28 heavy (non-hydrogen) atoms. The highest BCUT2D eigenvalue weighted by Gasteiger charge is 2.47. The lowest BCUT2D eigenvalue weighted by molar-refractivity contribution is -0.135. The van der Waals surface area contributed by atoms with Gasteiger partial charge in [0.1, 0.15) is 0 Å². The molecule has 3 heteroatoms. The van der Waals surface area contributed by atoms with Crippen molar-refractivity contribution in [3.63, 3.8) is 0 Å². The van der Waals surface area contributed by atoms with E-state index in [-0.39, 0.29) is 5.54 Å². The maximum atomic E-state index is 12.4. The third-order valence-electron chi connectivity index (χ3n) is 8.17. The third kappa shape index (κ3) is 4.15. The van der Waals surface area contributed by atoms with E-state index in [4.69, 9.17) is 0 Å². The molecule has 1 saturated heterocycles. The topological polar surface area (TPSA) is 23.6 Å². The standard InChI is InChI=1S/C25H38N2O/c1-24(13-10-21-18-22(21)20-8-5-4-6-9-20)14-16-27(17-15-24)25(11-7-12-25)19-23(28)26(2)3/h4-6,8-9,21-22H,7,10-19H2,1-3H3/t21-,22?/m1/s1. The predicted molar refractivity (Wildman–Crippen MR) is 115 cm³/mol. The number of nitrogens with zero attached hydrogens (tertiary/aromatic N) is 2. The zero-order chi connectivity index (χ0) is 19.8. The molecule has 1 aromatic rings. The molecule has 3 nitrogen and oxygen atoms in total. The number of piperidine rings is 1. The van der Waals surface area contributed by atoms with Gasteiger partial charge in [-0.2, -0.15) is 0 Å². The fraction of sp³-hybridized carbons (Fsp3) is 0.720. The van der Waals surface area contributed by atoms with Crippen molar-refractivity contribution in [1.82, 2.24) is 9.80 Å². The average Bonchev–Trinajstić information content (AvgIpc) is 3.44. The first-order valence-electron chi connectivity index (χ1n) is 11.4. The van der Waals surface area contributed by atoms with Gasteiger partial charge in [0, 0.05) is 26.1 Å². The monoisotopic (exact) mass is 382 g/mol. The van der Waals surface area contributed by atoms with Gasteiger partial charge in [0.25, 0.3) is 0 Å². The molecule has 1 aliphatic heterocycles. The predicted octanol–water partition coefficient (Wildman–Crippen LogP) is 5.07. The Hall–Kier alpha value is -1.35. The number of benzene rings is 1. The number of hydrogen-bond acceptors (Lipinski definition) is 2. The van der Waals surface area contributed by atoms with Crippen LogP contribution >= 0.6 is 0 Å². The molecule has 0 spiro atoms. The van der Waals surface area contributed by atoms with E-state index in [9.17, 15) is 4.79 Å². The molecule has 2 aliphatic carbocycles. The Morgan fingerprint density at radius 2 is 1.79 bits per heavy atom. The number of rotatable bonds is 7. The first-order valence-corrected chi connectivity index (χ1v) is 11.4. The highest BCUT2D eigenvalue weighted by Crippen LogP contribution is 2.52. The van der Waals surface area contributed by atoms with Gasteiger partial charge in [-0.15, -0.1) is 0 Å². The molecule has 1 heterocycles. The number of carbonyl (C=O) groups is 1. The fourth-order valence-electron chi connectivity index (χ4n) is 5.61. The molecular weight excluding hydrogens is 344 g/mol. The molecule has 2 atom stereocenters. The van der Waals surface area contributed by atoms with Crippen molar-refractivity contribution < 1.29 is 4.79 Å². The Labute approximate surface area is 171 Å². The molecule has 3 fully saturated rings. The molecule has 1 unspecified atom stereocenters. The van der Waals surface area contributed by atoms with Crippen LogP contribution in [0.3, 0.4) is 0 Å². The normalized spacial score (nSPS) is 28.4. The maximum Gasteiger partial charge on any atom is 0.223 e. The highest BCUT2D eigenvalue weighted by molar-refractivity contribution is 5.77. The second-order valence-electron chi connectivity index (χ2n) is 10.4. The zero-order valence-corrected chi connectivity index (χ0v) is 18.1. The summed E-state index contributed by atoms with van der Waals surface area (Å²) in [5, 5.41) is 0. The molecule has 0 radical (unpaired) electrons. The maximum absolute atomic E-state index is 12.4. The van der Waals surface area contributed by atoms with Crippen LogP contribution in [0.15, 0.2) is 30.3 Å². The summed E-state index contributed by atoms with van der Waals surface area (Å²) in [4.78, 5) is 16.8. The lowest BCUT2D eigenvalue weighted by Crippen LogP contribution is -2.58. The van der Waals surface area contributed by atoms with Crippen LogP contribution in [0.4, 0.5) is 0 Å². The summed E-state index contributed by atoms with van der Waals surface area (Å²) in [6.45, 7) is 4.89. The van der Waals surface area contributed by atoms with Crippen LogP contribution < -0.4 is 0 Å². The van der Waals surface area contributed by atoms with E-state index in [0.717, 1.165) is 18.3 Å². The molecule has 4 rings (SSSR count). The van der Waals surface area contributed by atoms with Gasteiger partial charge in [-0.25, -0.2) is 0 Å². The van der Waals surface area contributed by atoms with Crippen LogP contribution in [0.5, 0.6) is 0 Å². The van der Waals surface area contributed by atoms with Crippen molar-refractivity contribution >= 4 is 5.91 Å². The second-order valence-corrected chi connectivity index (χ2v) is 10.4. The van der Waals surface area contributed by atoms with E-state index in [2.05, 4.69) is 42.2 Å². The van der Waals surface area contributed by atoms with Gasteiger partial charge in [-0.05, 0) is 87.3 Å². The van der Waals surface area contributed by atoms with Crippen molar-refractivity contribution in [2.75, 3.05) is 27.2 Å². The fourth-order valence-corrected chi connectivity index (χ4v) is 5.61. The number of amides is 1. The van der Waals surface area contributed by atoms with Crippen LogP contribution in [0, 0.1) is 11.3 Å². The lowest BCUT2D eigenvalue weighted by atomic mass is 9.69. The van der Waals surface area contributed by atoms with E-state index in [1.165, 1.54) is 64.5 Å². The van der Waals surface area contributed by atoms with Crippen LogP contribution in [0.25, 0.3) is 0 Å². The molecule has 154 valence electrons. The van der Waals surface area contributed by atoms with Crippen LogP contribution in [-0.2, 0) is 4.79 Å².